The molecule has 0 aromatic heterocycles. The smallest absolute Gasteiger partial charge is 0.460 e. The number of hydrogen-bond acceptors (Lipinski definition) is 2. The average Bonchev–Trinajstić information content (AvgIpc) is 2.34. The summed E-state index contributed by atoms with van der Waals surface area (Å²) in [6.07, 6.45) is -22.7. The zero-order chi connectivity index (χ0) is 21.8. The van der Waals surface area contributed by atoms with Crippen molar-refractivity contribution in [3.05, 3.63) is 0 Å². The summed E-state index contributed by atoms with van der Waals surface area (Å²) < 4.78 is 187. The lowest BCUT2D eigenvalue weighted by atomic mass is 10.0. The van der Waals surface area contributed by atoms with E-state index in [0.29, 0.717) is 0 Å². The molecule has 0 rings (SSSR count). The highest BCUT2D eigenvalue weighted by Gasteiger charge is 2.89. The number of carboxylic acids is 1. The van der Waals surface area contributed by atoms with Crippen LogP contribution in [0.2, 0.25) is 0 Å². The highest BCUT2D eigenvalue weighted by molar-refractivity contribution is 5.76. The first-order valence-corrected chi connectivity index (χ1v) is 5.17. The lowest BCUT2D eigenvalue weighted by Gasteiger charge is -2.38. The highest BCUT2D eigenvalue weighted by Crippen LogP contribution is 2.58. The van der Waals surface area contributed by atoms with E-state index in [1.807, 2.05) is 0 Å². The number of hydrogen-bond donors (Lipinski definition) is 1. The maximum Gasteiger partial charge on any atom is 0.460 e. The molecule has 0 fully saturated rings. The summed E-state index contributed by atoms with van der Waals surface area (Å²) in [4.78, 5) is 9.73. The van der Waals surface area contributed by atoms with Gasteiger partial charge >= 0.3 is 48.1 Å². The van der Waals surface area contributed by atoms with E-state index in [1.165, 1.54) is 4.74 Å². The Hall–Kier alpha value is -1.62. The molecule has 0 aromatic carbocycles. The molecule has 26 heavy (non-hydrogen) atoms. The fourth-order valence-electron chi connectivity index (χ4n) is 0.972. The van der Waals surface area contributed by atoms with Gasteiger partial charge in [-0.3, -0.25) is 0 Å². The van der Waals surface area contributed by atoms with E-state index in [2.05, 4.69) is 0 Å². The van der Waals surface area contributed by atoms with E-state index in [9.17, 15) is 70.7 Å². The molecule has 0 saturated carbocycles. The first-order chi connectivity index (χ1) is 10.9. The van der Waals surface area contributed by atoms with Crippen molar-refractivity contribution in [1.29, 1.82) is 0 Å². The molecule has 0 spiro atoms. The summed E-state index contributed by atoms with van der Waals surface area (Å²) in [5.74, 6) is -35.2. The Bertz CT molecular complexity index is 548. The Kier molecular flexibility index (Phi) is 5.58. The molecule has 0 aliphatic heterocycles. The third kappa shape index (κ3) is 3.34. The normalized spacial score (nSPS) is 16.0. The van der Waals surface area contributed by atoms with Gasteiger partial charge in [-0.25, -0.2) is 9.53 Å². The molecule has 0 aliphatic carbocycles. The lowest BCUT2D eigenvalue weighted by molar-refractivity contribution is -0.502. The lowest BCUT2D eigenvalue weighted by Crippen LogP contribution is -2.68. The van der Waals surface area contributed by atoms with E-state index < -0.39 is 48.1 Å². The van der Waals surface area contributed by atoms with Crippen LogP contribution in [0.3, 0.4) is 0 Å². The monoisotopic (exact) mass is 430 g/mol. The quantitative estimate of drug-likeness (QED) is 0.611. The fraction of sp³-hybridized carbons (Fsp3) is 0.875. The minimum atomic E-state index is -8.20. The number of aliphatic carboxylic acids is 1. The first kappa shape index (κ1) is 24.4. The van der Waals surface area contributed by atoms with E-state index in [4.69, 9.17) is 5.11 Å². The van der Waals surface area contributed by atoms with E-state index in [-0.39, 0.29) is 0 Å². The molecule has 156 valence electrons. The third-order valence-electron chi connectivity index (χ3n) is 2.40. The van der Waals surface area contributed by atoms with Gasteiger partial charge < -0.3 is 5.11 Å². The molecule has 0 bridgehead atoms. The van der Waals surface area contributed by atoms with Gasteiger partial charge in [0.1, 0.15) is 0 Å². The van der Waals surface area contributed by atoms with Crippen LogP contribution < -0.4 is 0 Å². The maximum absolute atomic E-state index is 12.8. The van der Waals surface area contributed by atoms with Crippen LogP contribution in [0.4, 0.5) is 65.9 Å². The molecule has 1 N–H and O–H groups in total. The van der Waals surface area contributed by atoms with Crippen molar-refractivity contribution < 1.29 is 80.5 Å². The van der Waals surface area contributed by atoms with E-state index in [1.54, 1.807) is 0 Å². The van der Waals surface area contributed by atoms with Gasteiger partial charge in [-0.05, 0) is 0 Å². The molecule has 0 saturated heterocycles. The second-order valence-electron chi connectivity index (χ2n) is 4.24. The Labute approximate surface area is 130 Å². The Morgan fingerprint density at radius 2 is 0.923 bits per heavy atom. The van der Waals surface area contributed by atoms with Crippen molar-refractivity contribution >= 4 is 5.97 Å². The van der Waals surface area contributed by atoms with Crippen LogP contribution in [0, 0.1) is 0 Å². The van der Waals surface area contributed by atoms with Gasteiger partial charge in [-0.15, -0.1) is 0 Å². The first-order valence-electron chi connectivity index (χ1n) is 5.17. The molecule has 0 aromatic rings. The van der Waals surface area contributed by atoms with Crippen LogP contribution in [-0.2, 0) is 9.53 Å². The highest BCUT2D eigenvalue weighted by atomic mass is 19.4. The molecule has 3 nitrogen and oxygen atoms in total. The van der Waals surface area contributed by atoms with Crippen LogP contribution in [0.25, 0.3) is 0 Å². The zero-order valence-corrected chi connectivity index (χ0v) is 10.9. The van der Waals surface area contributed by atoms with E-state index >= 15 is 0 Å². The molecule has 0 aliphatic rings. The van der Waals surface area contributed by atoms with Crippen LogP contribution in [-0.4, -0.2) is 53.2 Å². The van der Waals surface area contributed by atoms with Crippen molar-refractivity contribution in [2.75, 3.05) is 0 Å². The summed E-state index contributed by atoms with van der Waals surface area (Å²) in [6, 6.07) is 0. The summed E-state index contributed by atoms with van der Waals surface area (Å²) in [6.45, 7) is 0. The summed E-state index contributed by atoms with van der Waals surface area (Å²) in [5, 5.41) is 7.61. The van der Waals surface area contributed by atoms with Crippen molar-refractivity contribution in [3.8, 4) is 0 Å². The molecule has 0 radical (unpaired) electrons. The molecule has 0 atom stereocenters. The number of halogens is 15. The van der Waals surface area contributed by atoms with Crippen LogP contribution in [0.5, 0.6) is 0 Å². The number of alkyl halides is 15. The topological polar surface area (TPSA) is 46.5 Å². The third-order valence-corrected chi connectivity index (χ3v) is 2.40. The van der Waals surface area contributed by atoms with Crippen LogP contribution >= 0.6 is 0 Å². The molecule has 18 heteroatoms. The van der Waals surface area contributed by atoms with Crippen molar-refractivity contribution in [1.82, 2.24) is 0 Å². The number of carboxylic acid groups (broad SMARTS) is 1. The van der Waals surface area contributed by atoms with Gasteiger partial charge in [0.25, 0.3) is 0 Å². The minimum Gasteiger partial charge on any atom is -0.477 e. The minimum absolute atomic E-state index is 1.28. The standard InChI is InChI=1S/C8HF15O3/c9-2(10,1(24)25)7(20,21)26-8(22,23)5(15,16)3(11,12)4(13,14)6(17,18)19/h(H,24,25). The van der Waals surface area contributed by atoms with Crippen LogP contribution in [0.15, 0.2) is 0 Å². The molecular weight excluding hydrogens is 429 g/mol. The van der Waals surface area contributed by atoms with Crippen molar-refractivity contribution in [2.45, 2.75) is 42.1 Å². The largest absolute Gasteiger partial charge is 0.477 e. The molecule has 0 unspecified atom stereocenters. The van der Waals surface area contributed by atoms with Gasteiger partial charge in [0.05, 0.1) is 0 Å². The van der Waals surface area contributed by atoms with Gasteiger partial charge in [0, 0.05) is 0 Å². The Morgan fingerprint density at radius 3 is 1.19 bits per heavy atom. The van der Waals surface area contributed by atoms with Gasteiger partial charge in [0.2, 0.25) is 0 Å². The van der Waals surface area contributed by atoms with Gasteiger partial charge in [-0.1, -0.05) is 0 Å². The zero-order valence-electron chi connectivity index (χ0n) is 10.9. The SMILES string of the molecule is O=C(O)C(F)(F)C(F)(F)OC(F)(F)C(F)(F)C(F)(F)C(F)(F)C(F)(F)F. The van der Waals surface area contributed by atoms with Gasteiger partial charge in [-0.2, -0.15) is 65.9 Å². The molecule has 0 heterocycles. The number of rotatable bonds is 7. The Balaban J connectivity index is 6.17. The molecule has 0 amide bonds. The van der Waals surface area contributed by atoms with Gasteiger partial charge in [0.15, 0.2) is 0 Å². The second-order valence-corrected chi connectivity index (χ2v) is 4.24. The predicted molar refractivity (Wildman–Crippen MR) is 44.5 cm³/mol. The molecular formula is C8HF15O3. The Morgan fingerprint density at radius 1 is 0.577 bits per heavy atom. The van der Waals surface area contributed by atoms with Crippen molar-refractivity contribution in [2.24, 2.45) is 0 Å². The average molecular weight is 430 g/mol. The maximum atomic E-state index is 12.8. The number of carbonyl (C=O) groups is 1. The van der Waals surface area contributed by atoms with Crippen LogP contribution in [0.1, 0.15) is 0 Å². The second kappa shape index (κ2) is 5.95. The number of ether oxygens (including phenoxy) is 1. The summed E-state index contributed by atoms with van der Waals surface area (Å²) in [7, 11) is 0. The van der Waals surface area contributed by atoms with E-state index in [0.717, 1.165) is 0 Å². The summed E-state index contributed by atoms with van der Waals surface area (Å²) in [5.41, 5.74) is 0. The van der Waals surface area contributed by atoms with Crippen molar-refractivity contribution in [3.63, 3.8) is 0 Å². The predicted octanol–water partition coefficient (Wildman–Crippen LogP) is 4.38. The summed E-state index contributed by atoms with van der Waals surface area (Å²) >= 11 is 0. The fourth-order valence-corrected chi connectivity index (χ4v) is 0.972.